The van der Waals surface area contributed by atoms with Crippen molar-refractivity contribution in [1.82, 2.24) is 5.32 Å². The molecule has 0 radical (unpaired) electrons. The fourth-order valence-electron chi connectivity index (χ4n) is 2.34. The molecule has 140 valence electrons. The van der Waals surface area contributed by atoms with E-state index in [0.717, 1.165) is 16.2 Å². The second-order valence-electron chi connectivity index (χ2n) is 5.91. The maximum Gasteiger partial charge on any atom is 0.341 e. The van der Waals surface area contributed by atoms with Crippen LogP contribution in [0.15, 0.2) is 17.5 Å². The molecule has 2 N–H and O–H groups in total. The number of hydrogen-bond acceptors (Lipinski definition) is 6. The van der Waals surface area contributed by atoms with E-state index in [1.807, 2.05) is 31.4 Å². The molecule has 0 aliphatic carbocycles. The summed E-state index contributed by atoms with van der Waals surface area (Å²) in [4.78, 5) is 38.4. The van der Waals surface area contributed by atoms with E-state index in [2.05, 4.69) is 10.6 Å². The summed E-state index contributed by atoms with van der Waals surface area (Å²) in [5, 5.41) is 7.82. The molecule has 0 atom stereocenters. The van der Waals surface area contributed by atoms with E-state index in [0.29, 0.717) is 15.4 Å². The summed E-state index contributed by atoms with van der Waals surface area (Å²) in [7, 11) is 0. The van der Waals surface area contributed by atoms with Gasteiger partial charge in [-0.15, -0.1) is 22.7 Å². The van der Waals surface area contributed by atoms with E-state index in [9.17, 15) is 14.4 Å². The lowest BCUT2D eigenvalue weighted by molar-refractivity contribution is -0.115. The first-order chi connectivity index (χ1) is 12.3. The maximum absolute atomic E-state index is 12.4. The van der Waals surface area contributed by atoms with Crippen molar-refractivity contribution in [3.05, 3.63) is 38.4 Å². The van der Waals surface area contributed by atoms with Crippen molar-refractivity contribution in [2.24, 2.45) is 0 Å². The van der Waals surface area contributed by atoms with Crippen molar-refractivity contribution < 1.29 is 19.1 Å². The smallest absolute Gasteiger partial charge is 0.341 e. The number of hydrogen-bond donors (Lipinski definition) is 2. The highest BCUT2D eigenvalue weighted by molar-refractivity contribution is 7.18. The number of thiophene rings is 2. The second-order valence-corrected chi connectivity index (χ2v) is 7.97. The molecule has 2 aromatic rings. The van der Waals surface area contributed by atoms with Crippen LogP contribution in [0, 0.1) is 6.92 Å². The summed E-state index contributed by atoms with van der Waals surface area (Å²) < 4.78 is 5.10. The largest absolute Gasteiger partial charge is 0.462 e. The van der Waals surface area contributed by atoms with Gasteiger partial charge in [0, 0.05) is 10.9 Å². The summed E-state index contributed by atoms with van der Waals surface area (Å²) in [6.07, 6.45) is 0.213. The molecule has 0 aromatic carbocycles. The van der Waals surface area contributed by atoms with Crippen molar-refractivity contribution in [2.75, 3.05) is 11.9 Å². The van der Waals surface area contributed by atoms with Crippen LogP contribution in [-0.4, -0.2) is 30.4 Å². The summed E-state index contributed by atoms with van der Waals surface area (Å²) in [5.74, 6) is -1.06. The van der Waals surface area contributed by atoms with Crippen LogP contribution >= 0.6 is 22.7 Å². The topological polar surface area (TPSA) is 84.5 Å². The van der Waals surface area contributed by atoms with Crippen LogP contribution in [0.5, 0.6) is 0 Å². The third-order valence-electron chi connectivity index (χ3n) is 3.42. The van der Waals surface area contributed by atoms with Crippen LogP contribution < -0.4 is 10.6 Å². The molecule has 0 aliphatic heterocycles. The molecule has 2 heterocycles. The van der Waals surface area contributed by atoms with Crippen LogP contribution in [0.1, 0.15) is 51.2 Å². The van der Waals surface area contributed by atoms with E-state index in [1.54, 1.807) is 13.8 Å². The minimum absolute atomic E-state index is 0.0353. The monoisotopic (exact) mass is 394 g/mol. The molecule has 0 fully saturated rings. The standard InChI is InChI=1S/C18H22N2O4S2/c1-5-24-18(23)14-11(4)15(16(22)19-10(2)3)26-17(14)20-13(21)9-12-7-6-8-25-12/h6-8,10H,5,9H2,1-4H3,(H,19,22)(H,20,21). The summed E-state index contributed by atoms with van der Waals surface area (Å²) >= 11 is 2.58. The van der Waals surface area contributed by atoms with Gasteiger partial charge in [0.05, 0.1) is 23.5 Å². The number of carbonyl (C=O) groups excluding carboxylic acids is 3. The Balaban J connectivity index is 2.31. The Labute approximate surface area is 160 Å². The number of esters is 1. The quantitative estimate of drug-likeness (QED) is 0.703. The molecule has 0 bridgehead atoms. The van der Waals surface area contributed by atoms with Gasteiger partial charge in [0.25, 0.3) is 5.91 Å². The molecule has 2 aromatic heterocycles. The number of rotatable bonds is 7. The van der Waals surface area contributed by atoms with Crippen LogP contribution in [0.2, 0.25) is 0 Å². The highest BCUT2D eigenvalue weighted by Crippen LogP contribution is 2.34. The average Bonchev–Trinajstić information content (AvgIpc) is 3.14. The molecule has 0 saturated carbocycles. The van der Waals surface area contributed by atoms with Gasteiger partial charge < -0.3 is 15.4 Å². The lowest BCUT2D eigenvalue weighted by Gasteiger charge is -2.07. The van der Waals surface area contributed by atoms with E-state index in [-0.39, 0.29) is 36.4 Å². The Bertz CT molecular complexity index is 794. The maximum atomic E-state index is 12.4. The van der Waals surface area contributed by atoms with Gasteiger partial charge in [-0.3, -0.25) is 9.59 Å². The average molecular weight is 395 g/mol. The third kappa shape index (κ3) is 4.92. The van der Waals surface area contributed by atoms with E-state index in [4.69, 9.17) is 4.74 Å². The first kappa shape index (κ1) is 20.1. The first-order valence-corrected chi connectivity index (χ1v) is 9.96. The fourth-order valence-corrected chi connectivity index (χ4v) is 4.15. The zero-order chi connectivity index (χ0) is 19.3. The molecule has 0 spiro atoms. The number of anilines is 1. The highest BCUT2D eigenvalue weighted by atomic mass is 32.1. The Hall–Kier alpha value is -2.19. The first-order valence-electron chi connectivity index (χ1n) is 8.27. The van der Waals surface area contributed by atoms with Crippen LogP contribution in [0.3, 0.4) is 0 Å². The Morgan fingerprint density at radius 3 is 2.58 bits per heavy atom. The van der Waals surface area contributed by atoms with Crippen LogP contribution in [-0.2, 0) is 16.0 Å². The lowest BCUT2D eigenvalue weighted by atomic mass is 10.1. The lowest BCUT2D eigenvalue weighted by Crippen LogP contribution is -2.29. The molecule has 2 rings (SSSR count). The zero-order valence-corrected chi connectivity index (χ0v) is 16.8. The Morgan fingerprint density at radius 2 is 2.00 bits per heavy atom. The molecule has 0 saturated heterocycles. The van der Waals surface area contributed by atoms with Crippen molar-refractivity contribution in [1.29, 1.82) is 0 Å². The van der Waals surface area contributed by atoms with Crippen molar-refractivity contribution in [2.45, 2.75) is 40.2 Å². The molecule has 0 unspecified atom stereocenters. The van der Waals surface area contributed by atoms with Gasteiger partial charge in [0.2, 0.25) is 5.91 Å². The van der Waals surface area contributed by atoms with Gasteiger partial charge in [-0.1, -0.05) is 6.07 Å². The van der Waals surface area contributed by atoms with Gasteiger partial charge in [-0.2, -0.15) is 0 Å². The highest BCUT2D eigenvalue weighted by Gasteiger charge is 2.26. The van der Waals surface area contributed by atoms with Crippen LogP contribution in [0.25, 0.3) is 0 Å². The molecule has 0 aliphatic rings. The van der Waals surface area contributed by atoms with Gasteiger partial charge >= 0.3 is 5.97 Å². The fraction of sp³-hybridized carbons (Fsp3) is 0.389. The SMILES string of the molecule is CCOC(=O)c1c(NC(=O)Cc2cccs2)sc(C(=O)NC(C)C)c1C. The van der Waals surface area contributed by atoms with E-state index < -0.39 is 5.97 Å². The molecule has 2 amide bonds. The molecular formula is C18H22N2O4S2. The number of carbonyl (C=O) groups is 3. The molecule has 26 heavy (non-hydrogen) atoms. The normalized spacial score (nSPS) is 10.7. The number of amides is 2. The molecule has 8 heteroatoms. The summed E-state index contributed by atoms with van der Waals surface area (Å²) in [6, 6.07) is 3.71. The van der Waals surface area contributed by atoms with Gasteiger partial charge in [0.15, 0.2) is 0 Å². The van der Waals surface area contributed by atoms with Gasteiger partial charge in [-0.05, 0) is 44.7 Å². The Kier molecular flexibility index (Phi) is 6.93. The zero-order valence-electron chi connectivity index (χ0n) is 15.2. The number of nitrogens with one attached hydrogen (secondary N) is 2. The van der Waals surface area contributed by atoms with Gasteiger partial charge in [-0.25, -0.2) is 4.79 Å². The van der Waals surface area contributed by atoms with Crippen molar-refractivity contribution in [3.8, 4) is 0 Å². The predicted molar refractivity (Wildman–Crippen MR) is 104 cm³/mol. The molecular weight excluding hydrogens is 372 g/mol. The van der Waals surface area contributed by atoms with E-state index in [1.165, 1.54) is 11.3 Å². The second kappa shape index (κ2) is 8.95. The van der Waals surface area contributed by atoms with Crippen molar-refractivity contribution in [3.63, 3.8) is 0 Å². The summed E-state index contributed by atoms with van der Waals surface area (Å²) in [6.45, 7) is 7.33. The minimum Gasteiger partial charge on any atom is -0.462 e. The summed E-state index contributed by atoms with van der Waals surface area (Å²) in [5.41, 5.74) is 0.753. The predicted octanol–water partition coefficient (Wildman–Crippen LogP) is 3.61. The number of ether oxygens (including phenoxy) is 1. The van der Waals surface area contributed by atoms with E-state index >= 15 is 0 Å². The minimum atomic E-state index is -0.545. The van der Waals surface area contributed by atoms with Crippen molar-refractivity contribution >= 4 is 45.5 Å². The Morgan fingerprint density at radius 1 is 1.27 bits per heavy atom. The third-order valence-corrected chi connectivity index (χ3v) is 5.50. The molecule has 6 nitrogen and oxygen atoms in total. The van der Waals surface area contributed by atoms with Gasteiger partial charge in [0.1, 0.15) is 5.00 Å². The van der Waals surface area contributed by atoms with Crippen LogP contribution in [0.4, 0.5) is 5.00 Å².